The van der Waals surface area contributed by atoms with Crippen LogP contribution in [0.1, 0.15) is 31.7 Å². The zero-order chi connectivity index (χ0) is 15.2. The van der Waals surface area contributed by atoms with Gasteiger partial charge in [-0.2, -0.15) is 0 Å². The van der Waals surface area contributed by atoms with E-state index in [1.165, 1.54) is 0 Å². The van der Waals surface area contributed by atoms with Crippen molar-refractivity contribution in [3.63, 3.8) is 0 Å². The maximum absolute atomic E-state index is 5.74. The Balaban J connectivity index is 2.04. The lowest BCUT2D eigenvalue weighted by Crippen LogP contribution is -2.23. The van der Waals surface area contributed by atoms with Gasteiger partial charge in [-0.15, -0.1) is 10.2 Å². The summed E-state index contributed by atoms with van der Waals surface area (Å²) in [4.78, 5) is 0. The SMILES string of the molecule is COc1ccc(C)cc1-c1nnc(CCCNC(C)C)o1. The summed E-state index contributed by atoms with van der Waals surface area (Å²) in [5.41, 5.74) is 1.98. The van der Waals surface area contributed by atoms with Crippen LogP contribution in [0, 0.1) is 6.92 Å². The summed E-state index contributed by atoms with van der Waals surface area (Å²) in [5, 5.41) is 11.6. The molecule has 21 heavy (non-hydrogen) atoms. The molecule has 1 N–H and O–H groups in total. The van der Waals surface area contributed by atoms with Crippen LogP contribution in [-0.4, -0.2) is 29.9 Å². The predicted octanol–water partition coefficient (Wildman–Crippen LogP) is 2.98. The summed E-state index contributed by atoms with van der Waals surface area (Å²) < 4.78 is 11.1. The number of hydrogen-bond acceptors (Lipinski definition) is 5. The van der Waals surface area contributed by atoms with Gasteiger partial charge in [-0.3, -0.25) is 0 Å². The number of benzene rings is 1. The van der Waals surface area contributed by atoms with Crippen LogP contribution < -0.4 is 10.1 Å². The number of aryl methyl sites for hydroxylation is 2. The number of nitrogens with zero attached hydrogens (tertiary/aromatic N) is 2. The fourth-order valence-electron chi connectivity index (χ4n) is 2.08. The van der Waals surface area contributed by atoms with Crippen molar-refractivity contribution in [1.29, 1.82) is 0 Å². The number of methoxy groups -OCH3 is 1. The molecule has 2 rings (SSSR count). The topological polar surface area (TPSA) is 60.2 Å². The molecule has 1 aromatic carbocycles. The van der Waals surface area contributed by atoms with Crippen LogP contribution in [0.25, 0.3) is 11.5 Å². The number of aromatic nitrogens is 2. The Kier molecular flexibility index (Phi) is 5.33. The minimum Gasteiger partial charge on any atom is -0.496 e. The summed E-state index contributed by atoms with van der Waals surface area (Å²) in [6.45, 7) is 7.24. The van der Waals surface area contributed by atoms with E-state index in [1.807, 2.05) is 25.1 Å². The Bertz CT molecular complexity index is 579. The monoisotopic (exact) mass is 289 g/mol. The number of ether oxygens (including phenoxy) is 1. The summed E-state index contributed by atoms with van der Waals surface area (Å²) in [7, 11) is 1.64. The van der Waals surface area contributed by atoms with E-state index in [-0.39, 0.29) is 0 Å². The van der Waals surface area contributed by atoms with Gasteiger partial charge in [0.25, 0.3) is 5.89 Å². The molecular formula is C16H23N3O2. The van der Waals surface area contributed by atoms with E-state index in [0.717, 1.165) is 36.3 Å². The zero-order valence-corrected chi connectivity index (χ0v) is 13.1. The number of hydrogen-bond donors (Lipinski definition) is 1. The summed E-state index contributed by atoms with van der Waals surface area (Å²) in [5.74, 6) is 1.93. The summed E-state index contributed by atoms with van der Waals surface area (Å²) in [6.07, 6.45) is 1.76. The van der Waals surface area contributed by atoms with Gasteiger partial charge < -0.3 is 14.5 Å². The lowest BCUT2D eigenvalue weighted by Gasteiger charge is -2.06. The second-order valence-electron chi connectivity index (χ2n) is 5.42. The van der Waals surface area contributed by atoms with Crippen LogP contribution in [0.2, 0.25) is 0 Å². The minimum absolute atomic E-state index is 0.500. The van der Waals surface area contributed by atoms with Crippen LogP contribution in [0.4, 0.5) is 0 Å². The molecule has 5 nitrogen and oxygen atoms in total. The molecule has 5 heteroatoms. The molecule has 0 saturated heterocycles. The number of nitrogens with one attached hydrogen (secondary N) is 1. The molecule has 2 aromatic rings. The molecule has 0 atom stereocenters. The van der Waals surface area contributed by atoms with Gasteiger partial charge in [0.05, 0.1) is 12.7 Å². The van der Waals surface area contributed by atoms with Gasteiger partial charge in [-0.25, -0.2) is 0 Å². The predicted molar refractivity (Wildman–Crippen MR) is 82.5 cm³/mol. The van der Waals surface area contributed by atoms with Crippen molar-refractivity contribution in [3.05, 3.63) is 29.7 Å². The third-order valence-electron chi connectivity index (χ3n) is 3.17. The van der Waals surface area contributed by atoms with Crippen LogP contribution in [-0.2, 0) is 6.42 Å². The molecule has 1 heterocycles. The minimum atomic E-state index is 0.500. The van der Waals surface area contributed by atoms with E-state index in [4.69, 9.17) is 9.15 Å². The molecule has 0 saturated carbocycles. The average molecular weight is 289 g/mol. The second-order valence-corrected chi connectivity index (χ2v) is 5.42. The third-order valence-corrected chi connectivity index (χ3v) is 3.17. The first-order valence-electron chi connectivity index (χ1n) is 7.31. The highest BCUT2D eigenvalue weighted by atomic mass is 16.5. The molecule has 0 aliphatic rings. The van der Waals surface area contributed by atoms with Crippen molar-refractivity contribution < 1.29 is 9.15 Å². The van der Waals surface area contributed by atoms with E-state index < -0.39 is 0 Å². The fourth-order valence-corrected chi connectivity index (χ4v) is 2.08. The molecule has 0 aliphatic carbocycles. The maximum Gasteiger partial charge on any atom is 0.251 e. The normalized spacial score (nSPS) is 11.1. The van der Waals surface area contributed by atoms with E-state index in [9.17, 15) is 0 Å². The van der Waals surface area contributed by atoms with E-state index in [0.29, 0.717) is 17.8 Å². The summed E-state index contributed by atoms with van der Waals surface area (Å²) in [6, 6.07) is 6.41. The third kappa shape index (κ3) is 4.29. The van der Waals surface area contributed by atoms with E-state index in [1.54, 1.807) is 7.11 Å². The van der Waals surface area contributed by atoms with E-state index >= 15 is 0 Å². The Morgan fingerprint density at radius 2 is 2.10 bits per heavy atom. The van der Waals surface area contributed by atoms with Crippen LogP contribution in [0.3, 0.4) is 0 Å². The standard InChI is InChI=1S/C16H23N3O2/c1-11(2)17-9-5-6-15-18-19-16(21-15)13-10-12(3)7-8-14(13)20-4/h7-8,10-11,17H,5-6,9H2,1-4H3. The number of rotatable bonds is 7. The largest absolute Gasteiger partial charge is 0.496 e. The molecular weight excluding hydrogens is 266 g/mol. The lowest BCUT2D eigenvalue weighted by atomic mass is 10.1. The fraction of sp³-hybridized carbons (Fsp3) is 0.500. The molecule has 0 unspecified atom stereocenters. The van der Waals surface area contributed by atoms with Gasteiger partial charge in [0.1, 0.15) is 5.75 Å². The van der Waals surface area contributed by atoms with Crippen molar-refractivity contribution in [2.24, 2.45) is 0 Å². The Labute approximate surface area is 125 Å². The average Bonchev–Trinajstić information content (AvgIpc) is 2.92. The van der Waals surface area contributed by atoms with Gasteiger partial charge >= 0.3 is 0 Å². The van der Waals surface area contributed by atoms with Crippen molar-refractivity contribution in [2.75, 3.05) is 13.7 Å². The second kappa shape index (κ2) is 7.22. The first-order chi connectivity index (χ1) is 10.1. The quantitative estimate of drug-likeness (QED) is 0.794. The first kappa shape index (κ1) is 15.5. The first-order valence-corrected chi connectivity index (χ1v) is 7.31. The Morgan fingerprint density at radius 1 is 1.29 bits per heavy atom. The van der Waals surface area contributed by atoms with Crippen LogP contribution >= 0.6 is 0 Å². The highest BCUT2D eigenvalue weighted by Gasteiger charge is 2.13. The molecule has 0 spiro atoms. The van der Waals surface area contributed by atoms with Gasteiger partial charge in [0, 0.05) is 12.5 Å². The van der Waals surface area contributed by atoms with Crippen LogP contribution in [0.5, 0.6) is 5.75 Å². The molecule has 0 amide bonds. The van der Waals surface area contributed by atoms with Crippen molar-refractivity contribution >= 4 is 0 Å². The molecule has 0 fully saturated rings. The molecule has 0 bridgehead atoms. The Morgan fingerprint density at radius 3 is 2.81 bits per heavy atom. The Hall–Kier alpha value is -1.88. The highest BCUT2D eigenvalue weighted by molar-refractivity contribution is 5.63. The van der Waals surface area contributed by atoms with Crippen molar-refractivity contribution in [1.82, 2.24) is 15.5 Å². The molecule has 114 valence electrons. The van der Waals surface area contributed by atoms with Gasteiger partial charge in [-0.1, -0.05) is 25.5 Å². The molecule has 0 radical (unpaired) electrons. The lowest BCUT2D eigenvalue weighted by molar-refractivity contribution is 0.413. The molecule has 0 aliphatic heterocycles. The van der Waals surface area contributed by atoms with E-state index in [2.05, 4.69) is 29.4 Å². The van der Waals surface area contributed by atoms with Crippen molar-refractivity contribution in [3.8, 4) is 17.2 Å². The zero-order valence-electron chi connectivity index (χ0n) is 13.1. The highest BCUT2D eigenvalue weighted by Crippen LogP contribution is 2.29. The summed E-state index contributed by atoms with van der Waals surface area (Å²) >= 11 is 0. The maximum atomic E-state index is 5.74. The van der Waals surface area contributed by atoms with Gasteiger partial charge in [0.2, 0.25) is 5.89 Å². The smallest absolute Gasteiger partial charge is 0.251 e. The molecule has 1 aromatic heterocycles. The van der Waals surface area contributed by atoms with Gasteiger partial charge in [-0.05, 0) is 32.0 Å². The van der Waals surface area contributed by atoms with Gasteiger partial charge in [0.15, 0.2) is 0 Å². The van der Waals surface area contributed by atoms with Crippen molar-refractivity contribution in [2.45, 2.75) is 39.7 Å². The van der Waals surface area contributed by atoms with Crippen LogP contribution in [0.15, 0.2) is 22.6 Å².